The van der Waals surface area contributed by atoms with E-state index in [1.54, 1.807) is 0 Å². The highest BCUT2D eigenvalue weighted by Crippen LogP contribution is 2.31. The van der Waals surface area contributed by atoms with E-state index in [4.69, 9.17) is 0 Å². The molecule has 0 fully saturated rings. The Morgan fingerprint density at radius 1 is 1.50 bits per heavy atom. The molecule has 3 N–H and O–H groups in total. The fourth-order valence-corrected chi connectivity index (χ4v) is 2.84. The van der Waals surface area contributed by atoms with E-state index >= 15 is 0 Å². The van der Waals surface area contributed by atoms with E-state index in [1.807, 2.05) is 18.7 Å². The van der Waals surface area contributed by atoms with Gasteiger partial charge in [-0.1, -0.05) is 0 Å². The number of rotatable bonds is 2. The number of nitrogens with zero attached hydrogens (tertiary/aromatic N) is 3. The molecule has 8 heteroatoms. The van der Waals surface area contributed by atoms with Gasteiger partial charge in [-0.3, -0.25) is 14.5 Å². The van der Waals surface area contributed by atoms with Gasteiger partial charge in [-0.25, -0.2) is 9.89 Å². The summed E-state index contributed by atoms with van der Waals surface area (Å²) in [6, 6.07) is -0.0832. The number of fused-ring (bicyclic) bond motifs is 1. The number of amides is 1. The number of hydrogen-bond acceptors (Lipinski definition) is 4. The third-order valence-electron chi connectivity index (χ3n) is 3.67. The van der Waals surface area contributed by atoms with Crippen LogP contribution in [0, 0.1) is 6.92 Å². The molecule has 20 heavy (non-hydrogen) atoms. The molecule has 0 bridgehead atoms. The van der Waals surface area contributed by atoms with Crippen LogP contribution in [0.5, 0.6) is 0 Å². The lowest BCUT2D eigenvalue weighted by Crippen LogP contribution is -2.32. The van der Waals surface area contributed by atoms with E-state index in [0.717, 1.165) is 36.2 Å². The lowest BCUT2D eigenvalue weighted by atomic mass is 9.91. The minimum Gasteiger partial charge on any atom is -0.342 e. The Hall–Kier alpha value is -2.38. The number of aryl methyl sites for hydroxylation is 2. The third-order valence-corrected chi connectivity index (χ3v) is 3.67. The Bertz CT molecular complexity index is 710. The molecule has 1 amide bonds. The van der Waals surface area contributed by atoms with Gasteiger partial charge < -0.3 is 5.32 Å². The molecule has 2 aromatic heterocycles. The molecule has 0 radical (unpaired) electrons. The number of carbonyl (C=O) groups is 1. The third kappa shape index (κ3) is 2.02. The van der Waals surface area contributed by atoms with Crippen molar-refractivity contribution in [3.8, 4) is 0 Å². The second-order valence-electron chi connectivity index (χ2n) is 5.01. The number of nitrogens with one attached hydrogen (secondary N) is 3. The SMILES string of the molecule is Cc1nn(C)c2c1C(NC(=O)c1n[nH]c(=O)[nH]1)CCC2. The number of aromatic nitrogens is 5. The van der Waals surface area contributed by atoms with Gasteiger partial charge in [0, 0.05) is 18.3 Å². The zero-order valence-electron chi connectivity index (χ0n) is 11.4. The van der Waals surface area contributed by atoms with Crippen molar-refractivity contribution in [3.05, 3.63) is 33.3 Å². The summed E-state index contributed by atoms with van der Waals surface area (Å²) in [6.07, 6.45) is 2.83. The first-order chi connectivity index (χ1) is 9.56. The Balaban J connectivity index is 1.86. The van der Waals surface area contributed by atoms with Crippen LogP contribution in [-0.2, 0) is 13.5 Å². The smallest absolute Gasteiger partial charge is 0.341 e. The van der Waals surface area contributed by atoms with Gasteiger partial charge in [0.25, 0.3) is 5.91 Å². The first-order valence-corrected chi connectivity index (χ1v) is 6.54. The molecule has 0 saturated carbocycles. The zero-order valence-corrected chi connectivity index (χ0v) is 11.4. The number of carbonyl (C=O) groups excluding carboxylic acids is 1. The molecule has 1 unspecified atom stereocenters. The zero-order chi connectivity index (χ0) is 14.3. The predicted octanol–water partition coefficient (Wildman–Crippen LogP) is -0.0527. The summed E-state index contributed by atoms with van der Waals surface area (Å²) in [5, 5.41) is 13.1. The quantitative estimate of drug-likeness (QED) is 0.714. The maximum Gasteiger partial charge on any atom is 0.341 e. The summed E-state index contributed by atoms with van der Waals surface area (Å²) in [7, 11) is 1.92. The van der Waals surface area contributed by atoms with Crippen molar-refractivity contribution in [2.24, 2.45) is 7.05 Å². The second-order valence-corrected chi connectivity index (χ2v) is 5.01. The van der Waals surface area contributed by atoms with Crippen LogP contribution < -0.4 is 11.0 Å². The van der Waals surface area contributed by atoms with Crippen molar-refractivity contribution in [2.75, 3.05) is 0 Å². The maximum atomic E-state index is 12.1. The maximum absolute atomic E-state index is 12.1. The highest BCUT2D eigenvalue weighted by Gasteiger charge is 2.28. The molecule has 0 saturated heterocycles. The van der Waals surface area contributed by atoms with Gasteiger partial charge in [-0.2, -0.15) is 5.10 Å². The van der Waals surface area contributed by atoms with Gasteiger partial charge in [0.15, 0.2) is 0 Å². The molecule has 0 aliphatic heterocycles. The first-order valence-electron chi connectivity index (χ1n) is 6.54. The monoisotopic (exact) mass is 276 g/mol. The number of aromatic amines is 2. The Morgan fingerprint density at radius 3 is 3.00 bits per heavy atom. The van der Waals surface area contributed by atoms with Crippen LogP contribution in [0.25, 0.3) is 0 Å². The Kier molecular flexibility index (Phi) is 2.92. The molecule has 106 valence electrons. The lowest BCUT2D eigenvalue weighted by molar-refractivity contribution is 0.0922. The van der Waals surface area contributed by atoms with Crippen molar-refractivity contribution in [1.82, 2.24) is 30.3 Å². The highest BCUT2D eigenvalue weighted by atomic mass is 16.2. The molecule has 3 rings (SSSR count). The molecule has 1 atom stereocenters. The minimum atomic E-state index is -0.489. The lowest BCUT2D eigenvalue weighted by Gasteiger charge is -2.24. The van der Waals surface area contributed by atoms with Crippen molar-refractivity contribution < 1.29 is 4.79 Å². The predicted molar refractivity (Wildman–Crippen MR) is 70.3 cm³/mol. The largest absolute Gasteiger partial charge is 0.342 e. The summed E-state index contributed by atoms with van der Waals surface area (Å²) >= 11 is 0. The molecular formula is C12H16N6O2. The van der Waals surface area contributed by atoms with Gasteiger partial charge in [0.1, 0.15) is 0 Å². The molecular weight excluding hydrogens is 260 g/mol. The normalized spacial score (nSPS) is 17.8. The molecule has 1 aliphatic carbocycles. The van der Waals surface area contributed by atoms with E-state index in [9.17, 15) is 9.59 Å². The summed E-state index contributed by atoms with van der Waals surface area (Å²) in [6.45, 7) is 1.94. The van der Waals surface area contributed by atoms with Crippen LogP contribution in [0.2, 0.25) is 0 Å². The second kappa shape index (κ2) is 4.62. The molecule has 0 aromatic carbocycles. The number of hydrogen-bond donors (Lipinski definition) is 3. The fourth-order valence-electron chi connectivity index (χ4n) is 2.84. The van der Waals surface area contributed by atoms with Crippen LogP contribution in [0.15, 0.2) is 4.79 Å². The van der Waals surface area contributed by atoms with Gasteiger partial charge >= 0.3 is 5.69 Å². The van der Waals surface area contributed by atoms with Crippen molar-refractivity contribution in [1.29, 1.82) is 0 Å². The molecule has 0 spiro atoms. The molecule has 1 aliphatic rings. The highest BCUT2D eigenvalue weighted by molar-refractivity contribution is 5.90. The van der Waals surface area contributed by atoms with E-state index in [-0.39, 0.29) is 17.8 Å². The molecule has 8 nitrogen and oxygen atoms in total. The summed E-state index contributed by atoms with van der Waals surface area (Å²) < 4.78 is 1.87. The van der Waals surface area contributed by atoms with Crippen LogP contribution in [0.3, 0.4) is 0 Å². The Labute approximate surface area is 114 Å². The summed E-state index contributed by atoms with van der Waals surface area (Å²) in [5.41, 5.74) is 2.69. The summed E-state index contributed by atoms with van der Waals surface area (Å²) in [5.74, 6) is -0.381. The van der Waals surface area contributed by atoms with Crippen LogP contribution >= 0.6 is 0 Å². The average Bonchev–Trinajstić information content (AvgIpc) is 2.96. The van der Waals surface area contributed by atoms with E-state index in [1.165, 1.54) is 0 Å². The van der Waals surface area contributed by atoms with E-state index in [2.05, 4.69) is 25.6 Å². The van der Waals surface area contributed by atoms with Crippen LogP contribution in [0.4, 0.5) is 0 Å². The topological polar surface area (TPSA) is 108 Å². The minimum absolute atomic E-state index is 0.00340. The van der Waals surface area contributed by atoms with Crippen molar-refractivity contribution >= 4 is 5.91 Å². The first kappa shape index (κ1) is 12.6. The Morgan fingerprint density at radius 2 is 2.30 bits per heavy atom. The van der Waals surface area contributed by atoms with Gasteiger partial charge in [-0.15, -0.1) is 5.10 Å². The summed E-state index contributed by atoms with van der Waals surface area (Å²) in [4.78, 5) is 25.4. The fraction of sp³-hybridized carbons (Fsp3) is 0.500. The average molecular weight is 276 g/mol. The number of H-pyrrole nitrogens is 2. The standard InChI is InChI=1S/C12H16N6O2/c1-6-9-7(4-3-5-8(9)18(2)17-6)13-11(19)10-14-12(20)16-15-10/h7H,3-5H2,1-2H3,(H,13,19)(H2,14,15,16,20). The van der Waals surface area contributed by atoms with Crippen LogP contribution in [-0.4, -0.2) is 30.9 Å². The molecule has 2 aromatic rings. The van der Waals surface area contributed by atoms with Crippen molar-refractivity contribution in [3.63, 3.8) is 0 Å². The van der Waals surface area contributed by atoms with Gasteiger partial charge in [0.2, 0.25) is 5.82 Å². The van der Waals surface area contributed by atoms with Gasteiger partial charge in [0.05, 0.1) is 11.7 Å². The van der Waals surface area contributed by atoms with Crippen LogP contribution in [0.1, 0.15) is 46.5 Å². The van der Waals surface area contributed by atoms with E-state index < -0.39 is 5.69 Å². The molecule has 2 heterocycles. The van der Waals surface area contributed by atoms with Crippen molar-refractivity contribution in [2.45, 2.75) is 32.2 Å². The van der Waals surface area contributed by atoms with E-state index in [0.29, 0.717) is 0 Å². The van der Waals surface area contributed by atoms with Gasteiger partial charge in [-0.05, 0) is 26.2 Å².